The molecule has 0 saturated carbocycles. The highest BCUT2D eigenvalue weighted by atomic mass is 35.5. The fourth-order valence-corrected chi connectivity index (χ4v) is 3.18. The van der Waals surface area contributed by atoms with Crippen molar-refractivity contribution < 1.29 is 27.5 Å². The summed E-state index contributed by atoms with van der Waals surface area (Å²) in [5, 5.41) is 9.62. The number of aromatic hydroxyl groups is 1. The van der Waals surface area contributed by atoms with E-state index >= 15 is 0 Å². The second-order valence-corrected chi connectivity index (χ2v) is 6.46. The number of carbonyl (C=O) groups is 1. The number of alkyl halides is 3. The maximum atomic E-state index is 13.5. The molecule has 1 aromatic heterocycles. The number of likely N-dealkylation sites (tertiary alicyclic amines) is 1. The van der Waals surface area contributed by atoms with Gasteiger partial charge in [-0.1, -0.05) is 11.6 Å². The van der Waals surface area contributed by atoms with Gasteiger partial charge in [-0.05, 0) is 25.0 Å². The summed E-state index contributed by atoms with van der Waals surface area (Å²) in [7, 11) is 0. The minimum Gasteiger partial charge on any atom is -0.506 e. The van der Waals surface area contributed by atoms with E-state index < -0.39 is 35.3 Å². The highest BCUT2D eigenvalue weighted by Gasteiger charge is 2.35. The van der Waals surface area contributed by atoms with Crippen LogP contribution in [0.3, 0.4) is 0 Å². The molecule has 10 heteroatoms. The van der Waals surface area contributed by atoms with Crippen molar-refractivity contribution in [1.29, 1.82) is 0 Å². The summed E-state index contributed by atoms with van der Waals surface area (Å²) in [6.07, 6.45) is -2.74. The molecule has 1 fully saturated rings. The number of rotatable bonds is 2. The number of H-pyrrole nitrogens is 1. The first-order chi connectivity index (χ1) is 12.2. The van der Waals surface area contributed by atoms with Crippen LogP contribution in [0.5, 0.6) is 5.75 Å². The molecule has 1 aliphatic heterocycles. The molecular weight excluding hydrogens is 378 g/mol. The van der Waals surface area contributed by atoms with E-state index in [2.05, 4.69) is 9.97 Å². The second-order valence-electron chi connectivity index (χ2n) is 6.05. The minimum atomic E-state index is -4.53. The van der Waals surface area contributed by atoms with Gasteiger partial charge in [0.2, 0.25) is 0 Å². The van der Waals surface area contributed by atoms with Crippen molar-refractivity contribution >= 4 is 17.5 Å². The predicted octanol–water partition coefficient (Wildman–Crippen LogP) is 3.95. The first-order valence-corrected chi connectivity index (χ1v) is 8.14. The highest BCUT2D eigenvalue weighted by molar-refractivity contribution is 6.32. The highest BCUT2D eigenvalue weighted by Crippen LogP contribution is 2.33. The van der Waals surface area contributed by atoms with Crippen molar-refractivity contribution in [2.75, 3.05) is 13.1 Å². The van der Waals surface area contributed by atoms with E-state index in [9.17, 15) is 27.5 Å². The summed E-state index contributed by atoms with van der Waals surface area (Å²) in [5.74, 6) is -2.23. The van der Waals surface area contributed by atoms with Crippen LogP contribution in [0.25, 0.3) is 0 Å². The fourth-order valence-electron chi connectivity index (χ4n) is 2.97. The smallest absolute Gasteiger partial charge is 0.432 e. The number of halogens is 5. The van der Waals surface area contributed by atoms with Crippen molar-refractivity contribution in [2.45, 2.75) is 24.9 Å². The van der Waals surface area contributed by atoms with Gasteiger partial charge in [0.25, 0.3) is 5.91 Å². The van der Waals surface area contributed by atoms with Crippen LogP contribution in [0.1, 0.15) is 40.6 Å². The van der Waals surface area contributed by atoms with Gasteiger partial charge < -0.3 is 15.0 Å². The molecule has 140 valence electrons. The summed E-state index contributed by atoms with van der Waals surface area (Å²) >= 11 is 5.69. The van der Waals surface area contributed by atoms with E-state index in [1.165, 1.54) is 4.90 Å². The molecule has 1 aliphatic rings. The van der Waals surface area contributed by atoms with Gasteiger partial charge in [-0.15, -0.1) is 0 Å². The first-order valence-electron chi connectivity index (χ1n) is 7.76. The van der Waals surface area contributed by atoms with E-state index in [0.717, 1.165) is 12.1 Å². The average Bonchev–Trinajstić information content (AvgIpc) is 3.08. The summed E-state index contributed by atoms with van der Waals surface area (Å²) in [5.41, 5.74) is -1.24. The predicted molar refractivity (Wildman–Crippen MR) is 84.5 cm³/mol. The third-order valence-electron chi connectivity index (χ3n) is 4.25. The Hall–Kier alpha value is -2.29. The molecule has 2 aromatic rings. The number of nitrogens with one attached hydrogen (secondary N) is 1. The van der Waals surface area contributed by atoms with E-state index in [1.54, 1.807) is 0 Å². The molecule has 0 bridgehead atoms. The molecule has 1 unspecified atom stereocenters. The van der Waals surface area contributed by atoms with Gasteiger partial charge in [0.15, 0.2) is 0 Å². The zero-order valence-corrected chi connectivity index (χ0v) is 14.0. The Morgan fingerprint density at radius 2 is 2.12 bits per heavy atom. The van der Waals surface area contributed by atoms with E-state index in [0.29, 0.717) is 25.6 Å². The third-order valence-corrected chi connectivity index (χ3v) is 4.54. The zero-order valence-electron chi connectivity index (χ0n) is 13.3. The normalized spacial score (nSPS) is 18.2. The van der Waals surface area contributed by atoms with Crippen LogP contribution < -0.4 is 0 Å². The molecule has 2 N–H and O–H groups in total. The van der Waals surface area contributed by atoms with Crippen molar-refractivity contribution in [3.8, 4) is 5.75 Å². The molecule has 0 spiro atoms. The number of imidazole rings is 1. The van der Waals surface area contributed by atoms with Gasteiger partial charge in [0.1, 0.15) is 23.1 Å². The van der Waals surface area contributed by atoms with Crippen LogP contribution in [0.4, 0.5) is 17.6 Å². The van der Waals surface area contributed by atoms with Crippen LogP contribution >= 0.6 is 11.6 Å². The number of nitrogens with zero attached hydrogens (tertiary/aromatic N) is 2. The van der Waals surface area contributed by atoms with Crippen LogP contribution in [0, 0.1) is 5.82 Å². The SMILES string of the molecule is O=C(c1cc(F)cc(Cl)c1O)N1CCCC(c2ncc(C(F)(F)F)[nH]2)C1. The van der Waals surface area contributed by atoms with Crippen molar-refractivity contribution in [3.63, 3.8) is 0 Å². The van der Waals surface area contributed by atoms with Gasteiger partial charge in [-0.25, -0.2) is 9.37 Å². The standard InChI is InChI=1S/C16H14ClF4N3O2/c17-11-5-9(18)4-10(13(11)25)15(26)24-3-1-2-8(7-24)14-22-6-12(23-14)16(19,20)21/h4-6,8,25H,1-3,7H2,(H,22,23). The monoisotopic (exact) mass is 391 g/mol. The van der Waals surface area contributed by atoms with Gasteiger partial charge in [0.05, 0.1) is 16.8 Å². The number of phenols is 1. The number of carbonyl (C=O) groups excluding carboxylic acids is 1. The molecular formula is C16H14ClF4N3O2. The Kier molecular flexibility index (Phi) is 4.83. The average molecular weight is 392 g/mol. The van der Waals surface area contributed by atoms with E-state index in [1.807, 2.05) is 0 Å². The molecule has 0 radical (unpaired) electrons. The molecule has 5 nitrogen and oxygen atoms in total. The van der Waals surface area contributed by atoms with E-state index in [-0.39, 0.29) is 23.0 Å². The van der Waals surface area contributed by atoms with Gasteiger partial charge in [0, 0.05) is 19.0 Å². The van der Waals surface area contributed by atoms with Crippen LogP contribution in [-0.2, 0) is 6.18 Å². The van der Waals surface area contributed by atoms with Crippen LogP contribution in [-0.4, -0.2) is 39.0 Å². The maximum Gasteiger partial charge on any atom is 0.432 e. The Bertz CT molecular complexity index is 837. The largest absolute Gasteiger partial charge is 0.506 e. The quantitative estimate of drug-likeness (QED) is 0.762. The lowest BCUT2D eigenvalue weighted by molar-refractivity contribution is -0.141. The lowest BCUT2D eigenvalue weighted by atomic mass is 9.96. The molecule has 1 saturated heterocycles. The van der Waals surface area contributed by atoms with Crippen molar-refractivity contribution in [1.82, 2.24) is 14.9 Å². The number of hydrogen-bond donors (Lipinski definition) is 2. The number of hydrogen-bond acceptors (Lipinski definition) is 3. The molecule has 1 aromatic carbocycles. The minimum absolute atomic E-state index is 0.0945. The molecule has 1 amide bonds. The Balaban J connectivity index is 1.80. The molecule has 0 aliphatic carbocycles. The summed E-state index contributed by atoms with van der Waals surface area (Å²) in [6, 6.07) is 1.76. The van der Waals surface area contributed by atoms with Crippen molar-refractivity contribution in [3.05, 3.63) is 46.3 Å². The van der Waals surface area contributed by atoms with Gasteiger partial charge >= 0.3 is 6.18 Å². The topological polar surface area (TPSA) is 69.2 Å². The number of amides is 1. The molecule has 1 atom stereocenters. The van der Waals surface area contributed by atoms with Gasteiger partial charge in [-0.3, -0.25) is 4.79 Å². The van der Waals surface area contributed by atoms with Crippen LogP contribution in [0.2, 0.25) is 5.02 Å². The Morgan fingerprint density at radius 1 is 1.38 bits per heavy atom. The Labute approximate surface area is 150 Å². The number of aromatic nitrogens is 2. The summed E-state index contributed by atoms with van der Waals surface area (Å²) in [6.45, 7) is 0.424. The first kappa shape index (κ1) is 18.5. The number of phenolic OH excluding ortho intramolecular Hbond substituents is 1. The number of aromatic amines is 1. The molecule has 3 rings (SSSR count). The molecule has 2 heterocycles. The van der Waals surface area contributed by atoms with Crippen LogP contribution in [0.15, 0.2) is 18.3 Å². The van der Waals surface area contributed by atoms with E-state index in [4.69, 9.17) is 11.6 Å². The maximum absolute atomic E-state index is 13.5. The lowest BCUT2D eigenvalue weighted by Crippen LogP contribution is -2.39. The molecule has 26 heavy (non-hydrogen) atoms. The second kappa shape index (κ2) is 6.79. The van der Waals surface area contributed by atoms with Gasteiger partial charge in [-0.2, -0.15) is 13.2 Å². The third kappa shape index (κ3) is 3.62. The fraction of sp³-hybridized carbons (Fsp3) is 0.375. The number of piperidine rings is 1. The summed E-state index contributed by atoms with van der Waals surface area (Å²) < 4.78 is 51.6. The van der Waals surface area contributed by atoms with Crippen molar-refractivity contribution in [2.24, 2.45) is 0 Å². The summed E-state index contributed by atoms with van der Waals surface area (Å²) in [4.78, 5) is 20.0. The Morgan fingerprint density at radius 3 is 2.77 bits per heavy atom. The lowest BCUT2D eigenvalue weighted by Gasteiger charge is -2.32. The number of benzene rings is 1. The zero-order chi connectivity index (χ0) is 19.1.